The van der Waals surface area contributed by atoms with Gasteiger partial charge < -0.3 is 10.1 Å². The van der Waals surface area contributed by atoms with Gasteiger partial charge in [0.05, 0.1) is 13.2 Å². The monoisotopic (exact) mass is 242 g/mol. The van der Waals surface area contributed by atoms with Crippen LogP contribution < -0.4 is 5.32 Å². The van der Waals surface area contributed by atoms with Crippen LogP contribution in [0.4, 0.5) is 0 Å². The van der Waals surface area contributed by atoms with Crippen LogP contribution >= 0.6 is 0 Å². The van der Waals surface area contributed by atoms with Gasteiger partial charge in [0.2, 0.25) is 5.91 Å². The Labute approximate surface area is 105 Å². The Kier molecular flexibility index (Phi) is 5.92. The summed E-state index contributed by atoms with van der Waals surface area (Å²) in [7, 11) is 0. The molecule has 1 rings (SSSR count). The summed E-state index contributed by atoms with van der Waals surface area (Å²) in [6, 6.07) is 1.13. The van der Waals surface area contributed by atoms with Gasteiger partial charge in [-0.2, -0.15) is 0 Å². The van der Waals surface area contributed by atoms with Gasteiger partial charge in [-0.3, -0.25) is 9.69 Å². The zero-order valence-electron chi connectivity index (χ0n) is 11.5. The van der Waals surface area contributed by atoms with E-state index in [1.165, 1.54) is 0 Å². The van der Waals surface area contributed by atoms with Crippen LogP contribution in [0, 0.1) is 0 Å². The molecule has 1 fully saturated rings. The van der Waals surface area contributed by atoms with E-state index in [0.29, 0.717) is 18.5 Å². The molecule has 1 aliphatic rings. The van der Waals surface area contributed by atoms with Gasteiger partial charge in [-0.05, 0) is 20.3 Å². The van der Waals surface area contributed by atoms with Gasteiger partial charge in [-0.1, -0.05) is 13.8 Å². The Hall–Kier alpha value is -0.610. The summed E-state index contributed by atoms with van der Waals surface area (Å²) in [5.74, 6) is 0.144. The van der Waals surface area contributed by atoms with Crippen LogP contribution in [0.25, 0.3) is 0 Å². The van der Waals surface area contributed by atoms with Crippen molar-refractivity contribution in [1.82, 2.24) is 10.2 Å². The van der Waals surface area contributed by atoms with Crippen LogP contribution in [0.15, 0.2) is 0 Å². The maximum absolute atomic E-state index is 11.4. The maximum atomic E-state index is 11.4. The molecular formula is C13H26N2O2. The fourth-order valence-electron chi connectivity index (χ4n) is 2.26. The second-order valence-electron chi connectivity index (χ2n) is 4.96. The zero-order chi connectivity index (χ0) is 12.8. The lowest BCUT2D eigenvalue weighted by Crippen LogP contribution is -2.54. The SMILES string of the molecule is CCC(=O)N[C@H](CC)CN1[C@H](C)COC[C@@H]1C. The predicted molar refractivity (Wildman–Crippen MR) is 69.0 cm³/mol. The summed E-state index contributed by atoms with van der Waals surface area (Å²) in [5, 5.41) is 3.08. The van der Waals surface area contributed by atoms with E-state index in [1.54, 1.807) is 0 Å². The first-order chi connectivity index (χ1) is 8.08. The molecule has 0 unspecified atom stereocenters. The smallest absolute Gasteiger partial charge is 0.219 e. The highest BCUT2D eigenvalue weighted by atomic mass is 16.5. The van der Waals surface area contributed by atoms with Gasteiger partial charge in [-0.25, -0.2) is 0 Å². The Morgan fingerprint density at radius 2 is 1.94 bits per heavy atom. The zero-order valence-corrected chi connectivity index (χ0v) is 11.5. The van der Waals surface area contributed by atoms with E-state index in [4.69, 9.17) is 4.74 Å². The lowest BCUT2D eigenvalue weighted by Gasteiger charge is -2.40. The van der Waals surface area contributed by atoms with Gasteiger partial charge in [0.15, 0.2) is 0 Å². The summed E-state index contributed by atoms with van der Waals surface area (Å²) in [5.41, 5.74) is 0. The molecule has 0 spiro atoms. The Morgan fingerprint density at radius 3 is 2.41 bits per heavy atom. The van der Waals surface area contributed by atoms with E-state index in [2.05, 4.69) is 31.0 Å². The summed E-state index contributed by atoms with van der Waals surface area (Å²) in [6.45, 7) is 10.9. The highest BCUT2D eigenvalue weighted by Gasteiger charge is 2.27. The Morgan fingerprint density at radius 1 is 1.35 bits per heavy atom. The van der Waals surface area contributed by atoms with Crippen LogP contribution in [0.3, 0.4) is 0 Å². The van der Waals surface area contributed by atoms with Crippen LogP contribution in [0.2, 0.25) is 0 Å². The second kappa shape index (κ2) is 6.97. The number of ether oxygens (including phenoxy) is 1. The lowest BCUT2D eigenvalue weighted by atomic mass is 10.1. The Bertz CT molecular complexity index is 236. The fourth-order valence-corrected chi connectivity index (χ4v) is 2.26. The molecule has 4 nitrogen and oxygen atoms in total. The van der Waals surface area contributed by atoms with E-state index in [9.17, 15) is 4.79 Å². The number of nitrogens with zero attached hydrogens (tertiary/aromatic N) is 1. The third-order valence-corrected chi connectivity index (χ3v) is 3.46. The standard InChI is InChI=1S/C13H26N2O2/c1-5-12(14-13(16)6-2)7-15-10(3)8-17-9-11(15)4/h10-12H,5-9H2,1-4H3,(H,14,16)/t10-,11+,12-/m1/s1. The minimum atomic E-state index is 0.144. The molecule has 100 valence electrons. The molecule has 1 aliphatic heterocycles. The Balaban J connectivity index is 2.50. The van der Waals surface area contributed by atoms with Crippen molar-refractivity contribution in [1.29, 1.82) is 0 Å². The molecule has 0 radical (unpaired) electrons. The van der Waals surface area contributed by atoms with Crippen LogP contribution in [-0.2, 0) is 9.53 Å². The van der Waals surface area contributed by atoms with Crippen molar-refractivity contribution in [3.8, 4) is 0 Å². The van der Waals surface area contributed by atoms with Crippen molar-refractivity contribution in [2.24, 2.45) is 0 Å². The van der Waals surface area contributed by atoms with Gasteiger partial charge >= 0.3 is 0 Å². The van der Waals surface area contributed by atoms with Gasteiger partial charge in [0, 0.05) is 31.1 Å². The van der Waals surface area contributed by atoms with Gasteiger partial charge in [0.1, 0.15) is 0 Å². The van der Waals surface area contributed by atoms with E-state index in [0.717, 1.165) is 26.2 Å². The summed E-state index contributed by atoms with van der Waals surface area (Å²) >= 11 is 0. The molecule has 0 aromatic heterocycles. The number of carbonyl (C=O) groups excluding carboxylic acids is 1. The van der Waals surface area contributed by atoms with E-state index < -0.39 is 0 Å². The largest absolute Gasteiger partial charge is 0.378 e. The maximum Gasteiger partial charge on any atom is 0.219 e. The number of hydrogen-bond acceptors (Lipinski definition) is 3. The first-order valence-corrected chi connectivity index (χ1v) is 6.71. The van der Waals surface area contributed by atoms with Crippen LogP contribution in [0.1, 0.15) is 40.5 Å². The molecule has 3 atom stereocenters. The topological polar surface area (TPSA) is 41.6 Å². The predicted octanol–water partition coefficient (Wildman–Crippen LogP) is 1.40. The minimum Gasteiger partial charge on any atom is -0.378 e. The number of carbonyl (C=O) groups is 1. The third kappa shape index (κ3) is 4.28. The normalized spacial score (nSPS) is 27.8. The molecule has 1 saturated heterocycles. The molecule has 1 heterocycles. The van der Waals surface area contributed by atoms with Crippen LogP contribution in [0.5, 0.6) is 0 Å². The van der Waals surface area contributed by atoms with Crippen molar-refractivity contribution in [3.63, 3.8) is 0 Å². The molecule has 0 saturated carbocycles. The van der Waals surface area contributed by atoms with Crippen molar-refractivity contribution in [2.75, 3.05) is 19.8 Å². The lowest BCUT2D eigenvalue weighted by molar-refractivity contribution is -0.122. The number of nitrogens with one attached hydrogen (secondary N) is 1. The van der Waals surface area contributed by atoms with Crippen molar-refractivity contribution in [3.05, 3.63) is 0 Å². The van der Waals surface area contributed by atoms with Crippen molar-refractivity contribution >= 4 is 5.91 Å². The molecular weight excluding hydrogens is 216 g/mol. The molecule has 0 aromatic carbocycles. The molecule has 0 bridgehead atoms. The van der Waals surface area contributed by atoms with E-state index >= 15 is 0 Å². The average molecular weight is 242 g/mol. The molecule has 0 aliphatic carbocycles. The minimum absolute atomic E-state index is 0.144. The number of morpholine rings is 1. The van der Waals surface area contributed by atoms with Crippen LogP contribution in [-0.4, -0.2) is 48.7 Å². The van der Waals surface area contributed by atoms with Crippen molar-refractivity contribution in [2.45, 2.75) is 58.7 Å². The molecule has 17 heavy (non-hydrogen) atoms. The highest BCUT2D eigenvalue weighted by molar-refractivity contribution is 5.75. The first-order valence-electron chi connectivity index (χ1n) is 6.71. The fraction of sp³-hybridized carbons (Fsp3) is 0.923. The number of hydrogen-bond donors (Lipinski definition) is 1. The molecule has 1 N–H and O–H groups in total. The average Bonchev–Trinajstić information content (AvgIpc) is 2.32. The molecule has 4 heteroatoms. The van der Waals surface area contributed by atoms with E-state index in [-0.39, 0.29) is 11.9 Å². The summed E-state index contributed by atoms with van der Waals surface area (Å²) < 4.78 is 5.51. The van der Waals surface area contributed by atoms with Gasteiger partial charge in [0.25, 0.3) is 0 Å². The summed E-state index contributed by atoms with van der Waals surface area (Å²) in [4.78, 5) is 13.9. The highest BCUT2D eigenvalue weighted by Crippen LogP contribution is 2.14. The number of amides is 1. The molecule has 1 amide bonds. The van der Waals surface area contributed by atoms with Crippen molar-refractivity contribution < 1.29 is 9.53 Å². The van der Waals surface area contributed by atoms with Gasteiger partial charge in [-0.15, -0.1) is 0 Å². The second-order valence-corrected chi connectivity index (χ2v) is 4.96. The first kappa shape index (κ1) is 14.5. The van der Waals surface area contributed by atoms with E-state index in [1.807, 2.05) is 6.92 Å². The molecule has 0 aromatic rings. The quantitative estimate of drug-likeness (QED) is 0.792. The third-order valence-electron chi connectivity index (χ3n) is 3.46. The summed E-state index contributed by atoms with van der Waals surface area (Å²) in [6.07, 6.45) is 1.53. The number of rotatable bonds is 5.